The fraction of sp³-hybridized carbons (Fsp3) is 1.00. The van der Waals surface area contributed by atoms with Crippen LogP contribution in [-0.2, 0) is 4.74 Å². The van der Waals surface area contributed by atoms with Crippen LogP contribution in [-0.4, -0.2) is 58.1 Å². The van der Waals surface area contributed by atoms with Crippen LogP contribution in [0.4, 0.5) is 0 Å². The number of aliphatic hydroxyl groups excluding tert-OH is 4. The van der Waals surface area contributed by atoms with Crippen LogP contribution in [0.2, 0.25) is 0 Å². The lowest BCUT2D eigenvalue weighted by Crippen LogP contribution is -2.53. The van der Waals surface area contributed by atoms with E-state index in [4.69, 9.17) is 25.2 Å². The van der Waals surface area contributed by atoms with E-state index >= 15 is 0 Å². The second-order valence-corrected chi connectivity index (χ2v) is 2.60. The number of ether oxygens (including phenoxy) is 1. The zero-order valence-corrected chi connectivity index (χ0v) is 5.92. The van der Waals surface area contributed by atoms with Crippen LogP contribution in [0.15, 0.2) is 0 Å². The van der Waals surface area contributed by atoms with Gasteiger partial charge in [-0.1, -0.05) is 0 Å². The summed E-state index contributed by atoms with van der Waals surface area (Å²) < 4.78 is 4.81. The first-order valence-corrected chi connectivity index (χ1v) is 3.43. The summed E-state index contributed by atoms with van der Waals surface area (Å²) in [4.78, 5) is 0. The van der Waals surface area contributed by atoms with E-state index in [0.717, 1.165) is 0 Å². The van der Waals surface area contributed by atoms with Crippen molar-refractivity contribution in [1.29, 1.82) is 0 Å². The first-order valence-electron chi connectivity index (χ1n) is 3.43. The Morgan fingerprint density at radius 2 is 1.82 bits per heavy atom. The summed E-state index contributed by atoms with van der Waals surface area (Å²) in [7, 11) is 0. The molecule has 5 heteroatoms. The Labute approximate surface area is 63.8 Å². The molecule has 0 aliphatic carbocycles. The van der Waals surface area contributed by atoms with Crippen LogP contribution < -0.4 is 0 Å². The van der Waals surface area contributed by atoms with Crippen molar-refractivity contribution < 1.29 is 25.2 Å². The van der Waals surface area contributed by atoms with Gasteiger partial charge in [-0.25, -0.2) is 0 Å². The van der Waals surface area contributed by atoms with Crippen molar-refractivity contribution in [2.24, 2.45) is 0 Å². The summed E-state index contributed by atoms with van der Waals surface area (Å²) in [6, 6.07) is 0. The Balaban J connectivity index is 2.52. The predicted molar refractivity (Wildman–Crippen MR) is 34.8 cm³/mol. The van der Waals surface area contributed by atoms with Crippen molar-refractivity contribution in [3.05, 3.63) is 0 Å². The minimum absolute atomic E-state index is 0.0521. The molecule has 0 amide bonds. The first-order chi connectivity index (χ1) is 5.16. The summed E-state index contributed by atoms with van der Waals surface area (Å²) in [5.41, 5.74) is 0. The van der Waals surface area contributed by atoms with Gasteiger partial charge in [0.15, 0.2) is 0 Å². The van der Waals surface area contributed by atoms with E-state index < -0.39 is 24.4 Å². The van der Waals surface area contributed by atoms with Crippen LogP contribution in [0.25, 0.3) is 0 Å². The zero-order valence-electron chi connectivity index (χ0n) is 5.92. The number of aliphatic hydroxyl groups is 4. The van der Waals surface area contributed by atoms with E-state index in [0.29, 0.717) is 0 Å². The molecule has 1 heterocycles. The maximum absolute atomic E-state index is 9.11. The average molecular weight is 164 g/mol. The summed E-state index contributed by atoms with van der Waals surface area (Å²) >= 11 is 0. The van der Waals surface area contributed by atoms with Gasteiger partial charge in [0.2, 0.25) is 0 Å². The fourth-order valence-corrected chi connectivity index (χ4v) is 1.03. The van der Waals surface area contributed by atoms with Crippen LogP contribution in [0.5, 0.6) is 0 Å². The molecule has 0 saturated carbocycles. The van der Waals surface area contributed by atoms with Gasteiger partial charge in [0.05, 0.1) is 13.2 Å². The molecule has 0 bridgehead atoms. The first kappa shape index (κ1) is 8.89. The summed E-state index contributed by atoms with van der Waals surface area (Å²) in [5, 5.41) is 35.7. The van der Waals surface area contributed by atoms with Crippen LogP contribution in [0.3, 0.4) is 0 Å². The van der Waals surface area contributed by atoms with Crippen LogP contribution in [0.1, 0.15) is 0 Å². The van der Waals surface area contributed by atoms with Gasteiger partial charge in [0.1, 0.15) is 24.4 Å². The van der Waals surface area contributed by atoms with Crippen LogP contribution >= 0.6 is 0 Å². The summed E-state index contributed by atoms with van der Waals surface area (Å²) in [6.07, 6.45) is -4.27. The van der Waals surface area contributed by atoms with Gasteiger partial charge in [-0.05, 0) is 0 Å². The molecule has 0 aromatic rings. The Bertz CT molecular complexity index is 126. The Morgan fingerprint density at radius 3 is 2.36 bits per heavy atom. The molecule has 1 saturated heterocycles. The van der Waals surface area contributed by atoms with Crippen LogP contribution in [0, 0.1) is 0 Å². The largest absolute Gasteiger partial charge is 0.394 e. The highest BCUT2D eigenvalue weighted by molar-refractivity contribution is 4.85. The van der Waals surface area contributed by atoms with Crippen molar-refractivity contribution in [3.63, 3.8) is 0 Å². The van der Waals surface area contributed by atoms with Crippen molar-refractivity contribution in [2.75, 3.05) is 13.2 Å². The lowest BCUT2D eigenvalue weighted by molar-refractivity contribution is -0.195. The normalized spacial score (nSPS) is 45.8. The van der Waals surface area contributed by atoms with Crippen molar-refractivity contribution in [2.45, 2.75) is 24.4 Å². The second-order valence-electron chi connectivity index (χ2n) is 2.60. The zero-order chi connectivity index (χ0) is 8.43. The maximum atomic E-state index is 9.11. The summed E-state index contributed by atoms with van der Waals surface area (Å²) in [5.74, 6) is 0. The number of rotatable bonds is 1. The van der Waals surface area contributed by atoms with Gasteiger partial charge in [-0.3, -0.25) is 0 Å². The molecule has 4 atom stereocenters. The maximum Gasteiger partial charge on any atom is 0.111 e. The highest BCUT2D eigenvalue weighted by Crippen LogP contribution is 2.14. The SMILES string of the molecule is OC[C@H]1OC[C@H](O)C(O)C1O. The number of hydrogen-bond donors (Lipinski definition) is 4. The molecule has 0 radical (unpaired) electrons. The van der Waals surface area contributed by atoms with E-state index in [2.05, 4.69) is 0 Å². The summed E-state index contributed by atoms with van der Waals surface area (Å²) in [6.45, 7) is -0.408. The quantitative estimate of drug-likeness (QED) is 0.343. The van der Waals surface area contributed by atoms with E-state index in [1.165, 1.54) is 0 Å². The molecule has 4 N–H and O–H groups in total. The molecule has 1 rings (SSSR count). The van der Waals surface area contributed by atoms with Crippen molar-refractivity contribution >= 4 is 0 Å². The highest BCUT2D eigenvalue weighted by atomic mass is 16.5. The molecule has 0 aromatic heterocycles. The third-order valence-corrected chi connectivity index (χ3v) is 1.79. The monoisotopic (exact) mass is 164 g/mol. The molecule has 0 spiro atoms. The Kier molecular flexibility index (Phi) is 2.80. The van der Waals surface area contributed by atoms with E-state index in [9.17, 15) is 0 Å². The molecule has 0 aromatic carbocycles. The van der Waals surface area contributed by atoms with E-state index in [1.807, 2.05) is 0 Å². The van der Waals surface area contributed by atoms with Gasteiger partial charge in [-0.15, -0.1) is 0 Å². The van der Waals surface area contributed by atoms with Gasteiger partial charge >= 0.3 is 0 Å². The smallest absolute Gasteiger partial charge is 0.111 e. The standard InChI is InChI=1S/C6H12O5/c7-1-4-6(10)5(9)3(8)2-11-4/h3-10H,1-2H2/t3-,4+,5?,6?/m0/s1. The van der Waals surface area contributed by atoms with Crippen molar-refractivity contribution in [1.82, 2.24) is 0 Å². The van der Waals surface area contributed by atoms with Crippen molar-refractivity contribution in [3.8, 4) is 0 Å². The molecule has 2 unspecified atom stereocenters. The van der Waals surface area contributed by atoms with E-state index in [1.54, 1.807) is 0 Å². The average Bonchev–Trinajstić information content (AvgIpc) is 2.01. The molecule has 1 fully saturated rings. The molecule has 5 nitrogen and oxygen atoms in total. The molecular formula is C6H12O5. The predicted octanol–water partition coefficient (Wildman–Crippen LogP) is -2.54. The third kappa shape index (κ3) is 1.69. The fourth-order valence-electron chi connectivity index (χ4n) is 1.03. The van der Waals surface area contributed by atoms with Gasteiger partial charge < -0.3 is 25.2 Å². The number of hydrogen-bond acceptors (Lipinski definition) is 5. The van der Waals surface area contributed by atoms with Gasteiger partial charge in [0.25, 0.3) is 0 Å². The van der Waals surface area contributed by atoms with E-state index in [-0.39, 0.29) is 13.2 Å². The lowest BCUT2D eigenvalue weighted by atomic mass is 10.0. The Morgan fingerprint density at radius 1 is 1.18 bits per heavy atom. The molecule has 11 heavy (non-hydrogen) atoms. The minimum atomic E-state index is -1.22. The Hall–Kier alpha value is -0.200. The molecular weight excluding hydrogens is 152 g/mol. The molecule has 1 aliphatic heterocycles. The van der Waals surface area contributed by atoms with Gasteiger partial charge in [-0.2, -0.15) is 0 Å². The molecule has 66 valence electrons. The topological polar surface area (TPSA) is 90.2 Å². The minimum Gasteiger partial charge on any atom is -0.394 e. The third-order valence-electron chi connectivity index (χ3n) is 1.79. The molecule has 1 aliphatic rings. The second kappa shape index (κ2) is 3.46. The lowest BCUT2D eigenvalue weighted by Gasteiger charge is -2.34. The highest BCUT2D eigenvalue weighted by Gasteiger charge is 2.36. The van der Waals surface area contributed by atoms with Gasteiger partial charge in [0, 0.05) is 0 Å².